The molecule has 1 amide bonds. The van der Waals surface area contributed by atoms with Gasteiger partial charge in [0.05, 0.1) is 25.9 Å². The number of carbonyl (C=O) groups is 2. The van der Waals surface area contributed by atoms with Gasteiger partial charge in [-0.3, -0.25) is 9.59 Å². The highest BCUT2D eigenvalue weighted by molar-refractivity contribution is 6.07. The number of esters is 1. The molecule has 0 aliphatic rings. The first-order valence-corrected chi connectivity index (χ1v) is 9.86. The van der Waals surface area contributed by atoms with Crippen molar-refractivity contribution >= 4 is 17.6 Å². The summed E-state index contributed by atoms with van der Waals surface area (Å²) in [6.45, 7) is 2.82. The summed E-state index contributed by atoms with van der Waals surface area (Å²) in [7, 11) is 3.28. The zero-order valence-electron chi connectivity index (χ0n) is 17.3. The van der Waals surface area contributed by atoms with Crippen molar-refractivity contribution in [3.05, 3.63) is 54.1 Å². The van der Waals surface area contributed by atoms with Gasteiger partial charge in [-0.25, -0.2) is 0 Å². The van der Waals surface area contributed by atoms with Gasteiger partial charge in [-0.2, -0.15) is 0 Å². The van der Waals surface area contributed by atoms with Gasteiger partial charge in [0.1, 0.15) is 11.5 Å². The molecule has 0 fully saturated rings. The minimum atomic E-state index is -0.143. The van der Waals surface area contributed by atoms with Crippen molar-refractivity contribution in [1.82, 2.24) is 0 Å². The molecule has 6 heteroatoms. The Morgan fingerprint density at radius 1 is 0.966 bits per heavy atom. The lowest BCUT2D eigenvalue weighted by Gasteiger charge is -2.19. The summed E-state index contributed by atoms with van der Waals surface area (Å²) >= 11 is 0. The number of anilines is 1. The van der Waals surface area contributed by atoms with Crippen LogP contribution < -0.4 is 14.4 Å². The molecule has 0 spiro atoms. The Labute approximate surface area is 172 Å². The van der Waals surface area contributed by atoms with Crippen molar-refractivity contribution in [1.29, 1.82) is 0 Å². The molecule has 0 radical (unpaired) electrons. The smallest absolute Gasteiger partial charge is 0.305 e. The standard InChI is InChI=1S/C23H29NO5/c1-4-28-22(25)12-6-5-9-17-29-19-15-13-18(14-16-19)24(2)23(26)20-10-7-8-11-21(20)27-3/h7-8,10-11,13-16H,4-6,9,12,17H2,1-3H3. The molecule has 0 aromatic heterocycles. The lowest BCUT2D eigenvalue weighted by Crippen LogP contribution is -2.26. The van der Waals surface area contributed by atoms with Crippen LogP contribution in [0.25, 0.3) is 0 Å². The highest BCUT2D eigenvalue weighted by Gasteiger charge is 2.17. The van der Waals surface area contributed by atoms with E-state index >= 15 is 0 Å². The van der Waals surface area contributed by atoms with Gasteiger partial charge in [0.25, 0.3) is 5.91 Å². The maximum absolute atomic E-state index is 12.8. The third-order valence-electron chi connectivity index (χ3n) is 4.47. The van der Waals surface area contributed by atoms with Crippen LogP contribution in [0.15, 0.2) is 48.5 Å². The Morgan fingerprint density at radius 3 is 2.38 bits per heavy atom. The summed E-state index contributed by atoms with van der Waals surface area (Å²) in [6.07, 6.45) is 3.03. The topological polar surface area (TPSA) is 65.1 Å². The van der Waals surface area contributed by atoms with Crippen LogP contribution in [0.1, 0.15) is 43.0 Å². The number of para-hydroxylation sites is 1. The van der Waals surface area contributed by atoms with Crippen LogP contribution >= 0.6 is 0 Å². The van der Waals surface area contributed by atoms with Crippen molar-refractivity contribution in [2.45, 2.75) is 32.6 Å². The maximum atomic E-state index is 12.8. The molecule has 2 aromatic rings. The van der Waals surface area contributed by atoms with E-state index in [1.54, 1.807) is 31.2 Å². The molecule has 0 saturated carbocycles. The number of benzene rings is 2. The molecule has 29 heavy (non-hydrogen) atoms. The number of methoxy groups -OCH3 is 1. The highest BCUT2D eigenvalue weighted by atomic mass is 16.5. The molecule has 0 heterocycles. The third kappa shape index (κ3) is 6.82. The number of hydrogen-bond donors (Lipinski definition) is 0. The number of unbranched alkanes of at least 4 members (excludes halogenated alkanes) is 2. The summed E-state index contributed by atoms with van der Waals surface area (Å²) < 4.78 is 15.9. The summed E-state index contributed by atoms with van der Waals surface area (Å²) in [4.78, 5) is 25.6. The van der Waals surface area contributed by atoms with Gasteiger partial charge in [0.15, 0.2) is 0 Å². The average Bonchev–Trinajstić information content (AvgIpc) is 2.75. The number of nitrogens with zero attached hydrogens (tertiary/aromatic N) is 1. The van der Waals surface area contributed by atoms with Crippen molar-refractivity contribution < 1.29 is 23.8 Å². The monoisotopic (exact) mass is 399 g/mol. The fourth-order valence-electron chi connectivity index (χ4n) is 2.86. The van der Waals surface area contributed by atoms with Gasteiger partial charge >= 0.3 is 5.97 Å². The minimum absolute atomic E-state index is 0.141. The van der Waals surface area contributed by atoms with Crippen molar-refractivity contribution in [3.8, 4) is 11.5 Å². The van der Waals surface area contributed by atoms with Crippen LogP contribution in [-0.4, -0.2) is 39.2 Å². The predicted octanol–water partition coefficient (Wildman–Crippen LogP) is 4.47. The first-order valence-electron chi connectivity index (χ1n) is 9.86. The lowest BCUT2D eigenvalue weighted by atomic mass is 10.1. The second-order valence-electron chi connectivity index (χ2n) is 6.52. The second kappa shape index (κ2) is 11.7. The molecule has 6 nitrogen and oxygen atoms in total. The number of amides is 1. The molecule has 2 aromatic carbocycles. The molecular weight excluding hydrogens is 370 g/mol. The first kappa shape index (κ1) is 22.3. The Hall–Kier alpha value is -3.02. The van der Waals surface area contributed by atoms with Gasteiger partial charge < -0.3 is 19.1 Å². The summed E-state index contributed by atoms with van der Waals surface area (Å²) in [5, 5.41) is 0. The number of ether oxygens (including phenoxy) is 3. The molecule has 0 saturated heterocycles. The van der Waals surface area contributed by atoms with E-state index < -0.39 is 0 Å². The second-order valence-corrected chi connectivity index (χ2v) is 6.52. The van der Waals surface area contributed by atoms with E-state index in [-0.39, 0.29) is 11.9 Å². The fourth-order valence-corrected chi connectivity index (χ4v) is 2.86. The fraction of sp³-hybridized carbons (Fsp3) is 0.391. The first-order chi connectivity index (χ1) is 14.1. The molecule has 0 unspecified atom stereocenters. The summed E-state index contributed by atoms with van der Waals surface area (Å²) in [5.74, 6) is 1.01. The Morgan fingerprint density at radius 2 is 1.69 bits per heavy atom. The largest absolute Gasteiger partial charge is 0.496 e. The van der Waals surface area contributed by atoms with Gasteiger partial charge in [0, 0.05) is 19.2 Å². The number of carbonyl (C=O) groups excluding carboxylic acids is 2. The maximum Gasteiger partial charge on any atom is 0.305 e. The molecule has 0 aliphatic heterocycles. The van der Waals surface area contributed by atoms with Crippen LogP contribution in [0.4, 0.5) is 5.69 Å². The summed E-state index contributed by atoms with van der Waals surface area (Å²) in [6, 6.07) is 14.6. The molecule has 0 bridgehead atoms. The summed E-state index contributed by atoms with van der Waals surface area (Å²) in [5.41, 5.74) is 1.28. The van der Waals surface area contributed by atoms with Crippen molar-refractivity contribution in [2.24, 2.45) is 0 Å². The SMILES string of the molecule is CCOC(=O)CCCCCOc1ccc(N(C)C(=O)c2ccccc2OC)cc1. The zero-order chi connectivity index (χ0) is 21.1. The normalized spacial score (nSPS) is 10.3. The highest BCUT2D eigenvalue weighted by Crippen LogP contribution is 2.24. The average molecular weight is 399 g/mol. The predicted molar refractivity (Wildman–Crippen MR) is 113 cm³/mol. The zero-order valence-corrected chi connectivity index (χ0v) is 17.3. The molecule has 0 N–H and O–H groups in total. The van der Waals surface area contributed by atoms with Crippen LogP contribution in [0.5, 0.6) is 11.5 Å². The minimum Gasteiger partial charge on any atom is -0.496 e. The third-order valence-corrected chi connectivity index (χ3v) is 4.47. The van der Waals surface area contributed by atoms with Gasteiger partial charge in [0.2, 0.25) is 0 Å². The van der Waals surface area contributed by atoms with Crippen LogP contribution in [0.2, 0.25) is 0 Å². The van der Waals surface area contributed by atoms with Gasteiger partial charge in [-0.15, -0.1) is 0 Å². The molecule has 0 aliphatic carbocycles. The number of hydrogen-bond acceptors (Lipinski definition) is 5. The van der Waals surface area contributed by atoms with E-state index in [0.717, 1.165) is 30.7 Å². The lowest BCUT2D eigenvalue weighted by molar-refractivity contribution is -0.143. The van der Waals surface area contributed by atoms with E-state index in [1.807, 2.05) is 43.3 Å². The Kier molecular flexibility index (Phi) is 9.02. The quantitative estimate of drug-likeness (QED) is 0.412. The van der Waals surface area contributed by atoms with Crippen molar-refractivity contribution in [2.75, 3.05) is 32.3 Å². The van der Waals surface area contributed by atoms with Crippen LogP contribution in [0, 0.1) is 0 Å². The van der Waals surface area contributed by atoms with E-state index in [1.165, 1.54) is 0 Å². The van der Waals surface area contributed by atoms with E-state index in [9.17, 15) is 9.59 Å². The molecular formula is C23H29NO5. The van der Waals surface area contributed by atoms with E-state index in [0.29, 0.717) is 30.9 Å². The Bertz CT molecular complexity index is 788. The Balaban J connectivity index is 1.80. The van der Waals surface area contributed by atoms with Gasteiger partial charge in [-0.05, 0) is 62.6 Å². The molecule has 156 valence electrons. The van der Waals surface area contributed by atoms with E-state index in [2.05, 4.69) is 0 Å². The van der Waals surface area contributed by atoms with E-state index in [4.69, 9.17) is 14.2 Å². The molecule has 0 atom stereocenters. The molecule has 2 rings (SSSR count). The van der Waals surface area contributed by atoms with Crippen LogP contribution in [-0.2, 0) is 9.53 Å². The van der Waals surface area contributed by atoms with Gasteiger partial charge in [-0.1, -0.05) is 12.1 Å². The van der Waals surface area contributed by atoms with Crippen molar-refractivity contribution in [3.63, 3.8) is 0 Å². The van der Waals surface area contributed by atoms with Crippen LogP contribution in [0.3, 0.4) is 0 Å². The number of rotatable bonds is 11.